The summed E-state index contributed by atoms with van der Waals surface area (Å²) in [6.45, 7) is 4.37. The average Bonchev–Trinajstić information content (AvgIpc) is 2.89. The van der Waals surface area contributed by atoms with Gasteiger partial charge in [-0.2, -0.15) is 0 Å². The second-order valence-electron chi connectivity index (χ2n) is 5.35. The number of ether oxygens (including phenoxy) is 1. The lowest BCUT2D eigenvalue weighted by Crippen LogP contribution is -1.92. The van der Waals surface area contributed by atoms with E-state index in [4.69, 9.17) is 9.72 Å². The van der Waals surface area contributed by atoms with E-state index in [1.165, 1.54) is 5.56 Å². The van der Waals surface area contributed by atoms with Gasteiger partial charge < -0.3 is 9.14 Å². The van der Waals surface area contributed by atoms with Gasteiger partial charge in [0.15, 0.2) is 0 Å². The number of halogens is 1. The van der Waals surface area contributed by atoms with E-state index in [1.807, 2.05) is 35.0 Å². The van der Waals surface area contributed by atoms with Crippen molar-refractivity contribution in [1.29, 1.82) is 0 Å². The lowest BCUT2D eigenvalue weighted by Gasteiger charge is -2.11. The maximum Gasteiger partial charge on any atom is 0.137 e. The van der Waals surface area contributed by atoms with Gasteiger partial charge in [0.25, 0.3) is 0 Å². The summed E-state index contributed by atoms with van der Waals surface area (Å²) >= 11 is 3.48. The molecule has 0 saturated heterocycles. The molecule has 0 saturated carbocycles. The number of hydrogen-bond donors (Lipinski definition) is 0. The Labute approximate surface area is 132 Å². The Balaban J connectivity index is 2.18. The van der Waals surface area contributed by atoms with Crippen molar-refractivity contribution in [3.63, 3.8) is 0 Å². The number of nitrogens with zero attached hydrogens (tertiary/aromatic N) is 2. The van der Waals surface area contributed by atoms with Crippen molar-refractivity contribution >= 4 is 21.6 Å². The molecule has 0 spiro atoms. The molecule has 1 aromatic carbocycles. The molecule has 4 heteroatoms. The van der Waals surface area contributed by atoms with Crippen molar-refractivity contribution in [3.8, 4) is 17.0 Å². The van der Waals surface area contributed by atoms with Crippen LogP contribution in [0.2, 0.25) is 0 Å². The third-order valence-corrected chi connectivity index (χ3v) is 4.05. The minimum atomic E-state index is 0.473. The first-order valence-corrected chi connectivity index (χ1v) is 7.70. The van der Waals surface area contributed by atoms with E-state index >= 15 is 0 Å². The van der Waals surface area contributed by atoms with E-state index in [0.717, 1.165) is 27.1 Å². The van der Waals surface area contributed by atoms with Crippen LogP contribution in [0.4, 0.5) is 0 Å². The van der Waals surface area contributed by atoms with Crippen molar-refractivity contribution in [1.82, 2.24) is 9.38 Å². The molecule has 0 aliphatic rings. The fourth-order valence-corrected chi connectivity index (χ4v) is 2.73. The van der Waals surface area contributed by atoms with Gasteiger partial charge in [0.05, 0.1) is 12.8 Å². The van der Waals surface area contributed by atoms with E-state index < -0.39 is 0 Å². The van der Waals surface area contributed by atoms with E-state index in [1.54, 1.807) is 7.11 Å². The summed E-state index contributed by atoms with van der Waals surface area (Å²) < 4.78 is 8.54. The number of fused-ring (bicyclic) bond motifs is 1. The van der Waals surface area contributed by atoms with Crippen molar-refractivity contribution in [2.24, 2.45) is 0 Å². The zero-order valence-electron chi connectivity index (χ0n) is 12.3. The van der Waals surface area contributed by atoms with Crippen molar-refractivity contribution in [3.05, 3.63) is 52.8 Å². The van der Waals surface area contributed by atoms with Crippen LogP contribution in [0.3, 0.4) is 0 Å². The first-order valence-electron chi connectivity index (χ1n) is 6.91. The molecular weight excluding hydrogens is 328 g/mol. The topological polar surface area (TPSA) is 26.5 Å². The monoisotopic (exact) mass is 344 g/mol. The molecule has 0 amide bonds. The lowest BCUT2D eigenvalue weighted by molar-refractivity contribution is 0.416. The summed E-state index contributed by atoms with van der Waals surface area (Å²) in [7, 11) is 1.69. The molecule has 3 aromatic rings. The fourth-order valence-electron chi connectivity index (χ4n) is 2.38. The highest BCUT2D eigenvalue weighted by atomic mass is 79.9. The van der Waals surface area contributed by atoms with Gasteiger partial charge >= 0.3 is 0 Å². The molecule has 0 unspecified atom stereocenters. The minimum absolute atomic E-state index is 0.473. The van der Waals surface area contributed by atoms with E-state index in [0.29, 0.717) is 5.92 Å². The molecule has 0 radical (unpaired) electrons. The van der Waals surface area contributed by atoms with E-state index in [-0.39, 0.29) is 0 Å². The van der Waals surface area contributed by atoms with Crippen LogP contribution in [0.25, 0.3) is 16.9 Å². The van der Waals surface area contributed by atoms with Crippen LogP contribution in [0.5, 0.6) is 5.75 Å². The highest BCUT2D eigenvalue weighted by molar-refractivity contribution is 9.10. The smallest absolute Gasteiger partial charge is 0.137 e. The van der Waals surface area contributed by atoms with Gasteiger partial charge in [-0.3, -0.25) is 0 Å². The van der Waals surface area contributed by atoms with Crippen molar-refractivity contribution in [2.75, 3.05) is 7.11 Å². The quantitative estimate of drug-likeness (QED) is 0.675. The minimum Gasteiger partial charge on any atom is -0.496 e. The number of methoxy groups -OCH3 is 1. The number of rotatable bonds is 3. The Morgan fingerprint density at radius 1 is 1.14 bits per heavy atom. The van der Waals surface area contributed by atoms with Gasteiger partial charge in [-0.05, 0) is 51.7 Å². The van der Waals surface area contributed by atoms with E-state index in [9.17, 15) is 0 Å². The molecule has 0 aliphatic carbocycles. The highest BCUT2D eigenvalue weighted by Gasteiger charge is 2.12. The molecule has 21 heavy (non-hydrogen) atoms. The zero-order valence-corrected chi connectivity index (χ0v) is 13.9. The number of benzene rings is 1. The predicted octanol–water partition coefficient (Wildman–Crippen LogP) is 4.90. The fraction of sp³-hybridized carbons (Fsp3) is 0.235. The Kier molecular flexibility index (Phi) is 3.72. The van der Waals surface area contributed by atoms with Gasteiger partial charge in [-0.25, -0.2) is 4.98 Å². The Hall–Kier alpha value is -1.81. The third-order valence-electron chi connectivity index (χ3n) is 3.58. The summed E-state index contributed by atoms with van der Waals surface area (Å²) in [6, 6.07) is 10.3. The summed E-state index contributed by atoms with van der Waals surface area (Å²) in [5.41, 5.74) is 4.16. The average molecular weight is 345 g/mol. The first kappa shape index (κ1) is 14.1. The number of imidazole rings is 1. The number of hydrogen-bond acceptors (Lipinski definition) is 2. The van der Waals surface area contributed by atoms with Crippen LogP contribution in [0, 0.1) is 0 Å². The third kappa shape index (κ3) is 2.68. The molecular formula is C17H17BrN2O. The van der Waals surface area contributed by atoms with Crippen LogP contribution in [-0.4, -0.2) is 16.5 Å². The molecule has 3 rings (SSSR count). The number of aromatic nitrogens is 2. The molecule has 0 bridgehead atoms. The summed E-state index contributed by atoms with van der Waals surface area (Å²) in [4.78, 5) is 4.70. The van der Waals surface area contributed by atoms with Crippen LogP contribution < -0.4 is 4.74 Å². The molecule has 0 aliphatic heterocycles. The van der Waals surface area contributed by atoms with Gasteiger partial charge in [0.1, 0.15) is 11.4 Å². The second-order valence-corrected chi connectivity index (χ2v) is 6.27. The molecule has 2 heterocycles. The van der Waals surface area contributed by atoms with Crippen molar-refractivity contribution < 1.29 is 4.74 Å². The lowest BCUT2D eigenvalue weighted by atomic mass is 9.99. The Bertz CT molecular complexity index is 793. The maximum absolute atomic E-state index is 5.50. The largest absolute Gasteiger partial charge is 0.496 e. The van der Waals surface area contributed by atoms with E-state index in [2.05, 4.69) is 41.9 Å². The Morgan fingerprint density at radius 3 is 2.67 bits per heavy atom. The number of pyridine rings is 1. The first-order chi connectivity index (χ1) is 10.1. The van der Waals surface area contributed by atoms with Crippen molar-refractivity contribution in [2.45, 2.75) is 19.8 Å². The molecule has 0 fully saturated rings. The van der Waals surface area contributed by atoms with Gasteiger partial charge in [0.2, 0.25) is 0 Å². The van der Waals surface area contributed by atoms with Gasteiger partial charge in [-0.15, -0.1) is 0 Å². The molecule has 0 atom stereocenters. The van der Waals surface area contributed by atoms with Crippen LogP contribution >= 0.6 is 15.9 Å². The standard InChI is InChI=1S/C17H17BrN2O/c1-11(2)12-4-6-16(21-3)14(8-12)15-10-20-9-13(18)5-7-17(20)19-15/h4-11H,1-3H3. The highest BCUT2D eigenvalue weighted by Crippen LogP contribution is 2.32. The van der Waals surface area contributed by atoms with Gasteiger partial charge in [0, 0.05) is 22.4 Å². The summed E-state index contributed by atoms with van der Waals surface area (Å²) in [5.74, 6) is 1.32. The SMILES string of the molecule is COc1ccc(C(C)C)cc1-c1cn2cc(Br)ccc2n1. The summed E-state index contributed by atoms with van der Waals surface area (Å²) in [5, 5.41) is 0. The molecule has 108 valence electrons. The van der Waals surface area contributed by atoms with Crippen LogP contribution in [0.15, 0.2) is 47.2 Å². The maximum atomic E-state index is 5.50. The molecule has 0 N–H and O–H groups in total. The van der Waals surface area contributed by atoms with Gasteiger partial charge in [-0.1, -0.05) is 19.9 Å². The molecule has 3 nitrogen and oxygen atoms in total. The molecule has 2 aromatic heterocycles. The van der Waals surface area contributed by atoms with Crippen LogP contribution in [-0.2, 0) is 0 Å². The normalized spacial score (nSPS) is 11.3. The predicted molar refractivity (Wildman–Crippen MR) is 89.0 cm³/mol. The van der Waals surface area contributed by atoms with Crippen LogP contribution in [0.1, 0.15) is 25.3 Å². The summed E-state index contributed by atoms with van der Waals surface area (Å²) in [6.07, 6.45) is 4.03. The Morgan fingerprint density at radius 2 is 1.95 bits per heavy atom. The zero-order chi connectivity index (χ0) is 15.0. The second kappa shape index (κ2) is 5.53.